The smallest absolute Gasteiger partial charge is 0.191 e. The molecule has 30 heavy (non-hydrogen) atoms. The number of halogens is 1. The van der Waals surface area contributed by atoms with Crippen molar-refractivity contribution in [2.24, 2.45) is 4.99 Å². The first-order chi connectivity index (χ1) is 14.1. The molecule has 0 aliphatic heterocycles. The van der Waals surface area contributed by atoms with Gasteiger partial charge in [-0.25, -0.2) is 4.98 Å². The van der Waals surface area contributed by atoms with E-state index in [-0.39, 0.29) is 30.0 Å². The molecule has 0 radical (unpaired) electrons. The van der Waals surface area contributed by atoms with E-state index in [0.29, 0.717) is 6.54 Å². The van der Waals surface area contributed by atoms with Crippen molar-refractivity contribution in [1.29, 1.82) is 0 Å². The van der Waals surface area contributed by atoms with E-state index in [2.05, 4.69) is 57.1 Å². The molecular weight excluding hydrogens is 491 g/mol. The minimum Gasteiger partial charge on any atom is -0.468 e. The number of imidazole rings is 1. The standard InChI is InChI=1S/C22H32N6O.HI/c1-5-23-22(25-16-20(27(3)4)21-12-8-15-29-21)24-13-9-14-28-17(2)26-18-10-6-7-11-19(18)28;/h6-8,10-12,15,20H,5,9,13-14,16H2,1-4H3,(H2,23,24,25);1H. The highest BCUT2D eigenvalue weighted by molar-refractivity contribution is 14.0. The zero-order valence-electron chi connectivity index (χ0n) is 18.3. The number of furan rings is 1. The molecule has 2 heterocycles. The van der Waals surface area contributed by atoms with Gasteiger partial charge in [0, 0.05) is 19.6 Å². The number of aryl methyl sites for hydroxylation is 2. The molecule has 3 aromatic rings. The number of nitrogens with one attached hydrogen (secondary N) is 2. The van der Waals surface area contributed by atoms with Gasteiger partial charge in [-0.05, 0) is 58.6 Å². The summed E-state index contributed by atoms with van der Waals surface area (Å²) in [5.74, 6) is 2.81. The summed E-state index contributed by atoms with van der Waals surface area (Å²) >= 11 is 0. The number of aliphatic imine (C=N–C) groups is 1. The van der Waals surface area contributed by atoms with Crippen LogP contribution in [0.25, 0.3) is 11.0 Å². The van der Waals surface area contributed by atoms with Crippen molar-refractivity contribution in [1.82, 2.24) is 25.1 Å². The summed E-state index contributed by atoms with van der Waals surface area (Å²) in [5.41, 5.74) is 2.25. The second kappa shape index (κ2) is 11.9. The molecule has 0 aliphatic carbocycles. The molecule has 0 bridgehead atoms. The van der Waals surface area contributed by atoms with Gasteiger partial charge in [-0.15, -0.1) is 24.0 Å². The number of benzene rings is 1. The molecule has 1 atom stereocenters. The second-order valence-corrected chi connectivity index (χ2v) is 7.29. The molecule has 2 N–H and O–H groups in total. The molecule has 0 aliphatic rings. The molecule has 164 valence electrons. The van der Waals surface area contributed by atoms with Crippen molar-refractivity contribution in [3.05, 3.63) is 54.2 Å². The number of hydrogen-bond acceptors (Lipinski definition) is 4. The van der Waals surface area contributed by atoms with Gasteiger partial charge in [0.05, 0.1) is 29.9 Å². The van der Waals surface area contributed by atoms with Crippen LogP contribution in [0.1, 0.15) is 31.0 Å². The summed E-state index contributed by atoms with van der Waals surface area (Å²) in [7, 11) is 4.08. The molecule has 2 aromatic heterocycles. The highest BCUT2D eigenvalue weighted by atomic mass is 127. The third kappa shape index (κ3) is 6.21. The number of para-hydroxylation sites is 2. The monoisotopic (exact) mass is 524 g/mol. The van der Waals surface area contributed by atoms with Gasteiger partial charge in [0.2, 0.25) is 0 Å². The van der Waals surface area contributed by atoms with Crippen LogP contribution in [0.2, 0.25) is 0 Å². The fraction of sp³-hybridized carbons (Fsp3) is 0.455. The Bertz CT molecular complexity index is 919. The third-order valence-corrected chi connectivity index (χ3v) is 4.96. The summed E-state index contributed by atoms with van der Waals surface area (Å²) in [6.45, 7) is 7.35. The summed E-state index contributed by atoms with van der Waals surface area (Å²) < 4.78 is 7.85. The maximum Gasteiger partial charge on any atom is 0.191 e. The summed E-state index contributed by atoms with van der Waals surface area (Å²) in [6, 6.07) is 12.3. The van der Waals surface area contributed by atoms with Crippen LogP contribution in [-0.4, -0.2) is 54.1 Å². The van der Waals surface area contributed by atoms with Crippen LogP contribution in [0, 0.1) is 6.92 Å². The molecule has 7 nitrogen and oxygen atoms in total. The predicted molar refractivity (Wildman–Crippen MR) is 134 cm³/mol. The van der Waals surface area contributed by atoms with Gasteiger partial charge in [0.15, 0.2) is 5.96 Å². The Kier molecular flexibility index (Phi) is 9.64. The van der Waals surface area contributed by atoms with E-state index in [1.807, 2.05) is 32.3 Å². The molecule has 0 saturated carbocycles. The van der Waals surface area contributed by atoms with E-state index in [9.17, 15) is 0 Å². The van der Waals surface area contributed by atoms with Crippen LogP contribution in [0.15, 0.2) is 52.1 Å². The van der Waals surface area contributed by atoms with Crippen molar-refractivity contribution < 1.29 is 4.42 Å². The van der Waals surface area contributed by atoms with E-state index in [0.717, 1.165) is 49.1 Å². The largest absolute Gasteiger partial charge is 0.468 e. The minimum atomic E-state index is 0. The Labute approximate surface area is 196 Å². The fourth-order valence-corrected chi connectivity index (χ4v) is 3.43. The quantitative estimate of drug-likeness (QED) is 0.193. The normalized spacial score (nSPS) is 12.8. The van der Waals surface area contributed by atoms with E-state index >= 15 is 0 Å². The van der Waals surface area contributed by atoms with E-state index in [1.54, 1.807) is 6.26 Å². The van der Waals surface area contributed by atoms with Gasteiger partial charge in [0.25, 0.3) is 0 Å². The summed E-state index contributed by atoms with van der Waals surface area (Å²) in [5, 5.41) is 6.77. The minimum absolute atomic E-state index is 0. The lowest BCUT2D eigenvalue weighted by Crippen LogP contribution is -2.38. The van der Waals surface area contributed by atoms with Crippen LogP contribution < -0.4 is 10.6 Å². The van der Waals surface area contributed by atoms with Crippen LogP contribution in [0.3, 0.4) is 0 Å². The number of fused-ring (bicyclic) bond motifs is 1. The number of hydrogen-bond donors (Lipinski definition) is 2. The molecule has 0 saturated heterocycles. The molecule has 0 fully saturated rings. The third-order valence-electron chi connectivity index (χ3n) is 4.96. The molecule has 1 aromatic carbocycles. The zero-order valence-corrected chi connectivity index (χ0v) is 20.6. The fourth-order valence-electron chi connectivity index (χ4n) is 3.43. The Morgan fingerprint density at radius 3 is 2.70 bits per heavy atom. The first-order valence-electron chi connectivity index (χ1n) is 10.2. The highest BCUT2D eigenvalue weighted by Gasteiger charge is 2.16. The van der Waals surface area contributed by atoms with Crippen molar-refractivity contribution >= 4 is 41.0 Å². The summed E-state index contributed by atoms with van der Waals surface area (Å²) in [6.07, 6.45) is 2.70. The number of likely N-dealkylation sites (N-methyl/N-ethyl adjacent to an activating group) is 1. The Balaban J connectivity index is 0.00000320. The number of guanidine groups is 1. The Hall–Kier alpha value is -2.07. The van der Waals surface area contributed by atoms with E-state index in [4.69, 9.17) is 9.41 Å². The molecule has 1 unspecified atom stereocenters. The molecular formula is C22H33IN6O. The van der Waals surface area contributed by atoms with Crippen molar-refractivity contribution in [2.75, 3.05) is 33.7 Å². The van der Waals surface area contributed by atoms with Crippen LogP contribution in [0.5, 0.6) is 0 Å². The average Bonchev–Trinajstić information content (AvgIpc) is 3.33. The molecule has 8 heteroatoms. The Morgan fingerprint density at radius 2 is 2.00 bits per heavy atom. The highest BCUT2D eigenvalue weighted by Crippen LogP contribution is 2.19. The maximum absolute atomic E-state index is 5.58. The second-order valence-electron chi connectivity index (χ2n) is 7.29. The zero-order chi connectivity index (χ0) is 20.6. The van der Waals surface area contributed by atoms with Gasteiger partial charge in [-0.2, -0.15) is 0 Å². The molecule has 3 rings (SSSR count). The van der Waals surface area contributed by atoms with Gasteiger partial charge in [-0.3, -0.25) is 9.89 Å². The SMILES string of the molecule is CCNC(=NCC(c1ccco1)N(C)C)NCCCn1c(C)nc2ccccc21.I. The van der Waals surface area contributed by atoms with Crippen LogP contribution in [-0.2, 0) is 6.54 Å². The molecule has 0 spiro atoms. The topological polar surface area (TPSA) is 70.6 Å². The number of rotatable bonds is 9. The number of aromatic nitrogens is 2. The lowest BCUT2D eigenvalue weighted by Gasteiger charge is -2.21. The van der Waals surface area contributed by atoms with Crippen molar-refractivity contribution in [3.63, 3.8) is 0 Å². The van der Waals surface area contributed by atoms with Crippen LogP contribution >= 0.6 is 24.0 Å². The predicted octanol–water partition coefficient (Wildman–Crippen LogP) is 3.80. The van der Waals surface area contributed by atoms with Gasteiger partial charge in [-0.1, -0.05) is 12.1 Å². The van der Waals surface area contributed by atoms with Crippen molar-refractivity contribution in [2.45, 2.75) is 32.9 Å². The first kappa shape index (κ1) is 24.2. The lowest BCUT2D eigenvalue weighted by atomic mass is 10.2. The van der Waals surface area contributed by atoms with Crippen LogP contribution in [0.4, 0.5) is 0 Å². The van der Waals surface area contributed by atoms with Crippen molar-refractivity contribution in [3.8, 4) is 0 Å². The first-order valence-corrected chi connectivity index (χ1v) is 10.2. The Morgan fingerprint density at radius 1 is 1.20 bits per heavy atom. The summed E-state index contributed by atoms with van der Waals surface area (Å²) in [4.78, 5) is 11.5. The van der Waals surface area contributed by atoms with Gasteiger partial charge in [0.1, 0.15) is 11.6 Å². The van der Waals surface area contributed by atoms with E-state index < -0.39 is 0 Å². The average molecular weight is 524 g/mol. The maximum atomic E-state index is 5.58. The lowest BCUT2D eigenvalue weighted by molar-refractivity contribution is 0.265. The molecule has 0 amide bonds. The van der Waals surface area contributed by atoms with E-state index in [1.165, 1.54) is 5.52 Å². The van der Waals surface area contributed by atoms with Gasteiger partial charge < -0.3 is 19.6 Å². The number of nitrogens with zero attached hydrogens (tertiary/aromatic N) is 4. The van der Waals surface area contributed by atoms with Gasteiger partial charge >= 0.3 is 0 Å².